The van der Waals surface area contributed by atoms with Gasteiger partial charge >= 0.3 is 5.97 Å². The quantitative estimate of drug-likeness (QED) is 0.357. The number of esters is 1. The van der Waals surface area contributed by atoms with Crippen LogP contribution in [0.4, 0.5) is 0 Å². The first-order valence-electron chi connectivity index (χ1n) is 3.72. The highest BCUT2D eigenvalue weighted by atomic mass is 32.1. The van der Waals surface area contributed by atoms with Crippen molar-refractivity contribution in [2.45, 2.75) is 0 Å². The van der Waals surface area contributed by atoms with Crippen LogP contribution in [-0.2, 0) is 9.53 Å². The first-order chi connectivity index (χ1) is 6.65. The predicted octanol–water partition coefficient (Wildman–Crippen LogP) is 1.55. The summed E-state index contributed by atoms with van der Waals surface area (Å²) in [6, 6.07) is 3.31. The number of carbonyl (C=O) groups excluding carboxylic acids is 2. The Hall–Kier alpha value is -1.62. The molecule has 1 aromatic rings. The minimum absolute atomic E-state index is 0.414. The molecule has 1 N–H and O–H groups in total. The molecule has 0 amide bonds. The number of aliphatic hydroxyl groups excluding tert-OH is 1. The van der Waals surface area contributed by atoms with Crippen LogP contribution in [0, 0.1) is 0 Å². The maximum absolute atomic E-state index is 11.3. The van der Waals surface area contributed by atoms with Gasteiger partial charge in [-0.05, 0) is 11.4 Å². The molecule has 1 rings (SSSR count). The van der Waals surface area contributed by atoms with E-state index in [1.54, 1.807) is 17.5 Å². The van der Waals surface area contributed by atoms with E-state index < -0.39 is 17.5 Å². The fourth-order valence-corrected chi connectivity index (χ4v) is 1.41. The number of rotatable bonds is 3. The Labute approximate surface area is 84.4 Å². The molecule has 5 heteroatoms. The SMILES string of the molecule is COC(=O)/C(O)=C\C(=O)c1cccs1. The molecular weight excluding hydrogens is 204 g/mol. The van der Waals surface area contributed by atoms with E-state index in [-0.39, 0.29) is 0 Å². The zero-order chi connectivity index (χ0) is 10.6. The maximum atomic E-state index is 11.3. The smallest absolute Gasteiger partial charge is 0.373 e. The first kappa shape index (κ1) is 10.5. The molecule has 0 radical (unpaired) electrons. The first-order valence-corrected chi connectivity index (χ1v) is 4.60. The summed E-state index contributed by atoms with van der Waals surface area (Å²) in [6.45, 7) is 0. The Bertz CT molecular complexity index is 364. The number of ether oxygens (including phenoxy) is 1. The van der Waals surface area contributed by atoms with Crippen LogP contribution < -0.4 is 0 Å². The molecular formula is C9H8O4S. The molecule has 0 aliphatic heterocycles. The van der Waals surface area contributed by atoms with E-state index in [2.05, 4.69) is 4.74 Å². The monoisotopic (exact) mass is 212 g/mol. The molecule has 74 valence electrons. The fraction of sp³-hybridized carbons (Fsp3) is 0.111. The number of allylic oxidation sites excluding steroid dienone is 1. The number of hydrogen-bond donors (Lipinski definition) is 1. The summed E-state index contributed by atoms with van der Waals surface area (Å²) in [5.74, 6) is -2.02. The molecule has 0 unspecified atom stereocenters. The molecule has 0 saturated carbocycles. The van der Waals surface area contributed by atoms with Crippen LogP contribution in [0.1, 0.15) is 9.67 Å². The van der Waals surface area contributed by atoms with E-state index in [1.165, 1.54) is 11.3 Å². The summed E-state index contributed by atoms with van der Waals surface area (Å²) in [5, 5.41) is 10.8. The Morgan fingerprint density at radius 1 is 1.57 bits per heavy atom. The minimum atomic E-state index is -0.921. The average Bonchev–Trinajstić information content (AvgIpc) is 2.69. The van der Waals surface area contributed by atoms with Crippen LogP contribution in [-0.4, -0.2) is 24.0 Å². The molecule has 14 heavy (non-hydrogen) atoms. The van der Waals surface area contributed by atoms with Gasteiger partial charge in [-0.15, -0.1) is 11.3 Å². The molecule has 0 aliphatic rings. The number of ketones is 1. The number of carbonyl (C=O) groups is 2. The summed E-state index contributed by atoms with van der Waals surface area (Å²) in [7, 11) is 1.13. The molecule has 0 fully saturated rings. The number of thiophene rings is 1. The zero-order valence-corrected chi connectivity index (χ0v) is 8.21. The van der Waals surface area contributed by atoms with Crippen LogP contribution in [0.25, 0.3) is 0 Å². The lowest BCUT2D eigenvalue weighted by atomic mass is 10.3. The van der Waals surface area contributed by atoms with Crippen molar-refractivity contribution in [1.82, 2.24) is 0 Å². The number of hydrogen-bond acceptors (Lipinski definition) is 5. The average molecular weight is 212 g/mol. The van der Waals surface area contributed by atoms with Gasteiger partial charge in [0.15, 0.2) is 5.78 Å². The second kappa shape index (κ2) is 4.57. The summed E-state index contributed by atoms with van der Waals surface area (Å²) in [4.78, 5) is 22.5. The van der Waals surface area contributed by atoms with Crippen molar-refractivity contribution in [3.63, 3.8) is 0 Å². The van der Waals surface area contributed by atoms with Crippen molar-refractivity contribution in [2.75, 3.05) is 7.11 Å². The predicted molar refractivity (Wildman–Crippen MR) is 51.4 cm³/mol. The molecule has 0 saturated heterocycles. The molecule has 1 aromatic heterocycles. The largest absolute Gasteiger partial charge is 0.502 e. The van der Waals surface area contributed by atoms with Gasteiger partial charge in [-0.2, -0.15) is 0 Å². The molecule has 0 spiro atoms. The second-order valence-electron chi connectivity index (χ2n) is 2.36. The third kappa shape index (κ3) is 2.43. The van der Waals surface area contributed by atoms with E-state index >= 15 is 0 Å². The van der Waals surface area contributed by atoms with E-state index in [4.69, 9.17) is 5.11 Å². The Morgan fingerprint density at radius 3 is 2.79 bits per heavy atom. The van der Waals surface area contributed by atoms with Gasteiger partial charge in [0.05, 0.1) is 12.0 Å². The molecule has 0 bridgehead atoms. The van der Waals surface area contributed by atoms with Crippen LogP contribution in [0.3, 0.4) is 0 Å². The summed E-state index contributed by atoms with van der Waals surface area (Å²) in [6.07, 6.45) is 0.845. The van der Waals surface area contributed by atoms with Crippen LogP contribution in [0.2, 0.25) is 0 Å². The Kier molecular flexibility index (Phi) is 3.41. The molecule has 0 aromatic carbocycles. The summed E-state index contributed by atoms with van der Waals surface area (Å²) >= 11 is 1.23. The van der Waals surface area contributed by atoms with Crippen molar-refractivity contribution >= 4 is 23.1 Å². The topological polar surface area (TPSA) is 63.6 Å². The van der Waals surface area contributed by atoms with Gasteiger partial charge in [0.2, 0.25) is 5.76 Å². The lowest BCUT2D eigenvalue weighted by molar-refractivity contribution is -0.139. The van der Waals surface area contributed by atoms with E-state index in [1.807, 2.05) is 0 Å². The second-order valence-corrected chi connectivity index (χ2v) is 3.31. The van der Waals surface area contributed by atoms with Crippen molar-refractivity contribution < 1.29 is 19.4 Å². The highest BCUT2D eigenvalue weighted by molar-refractivity contribution is 7.12. The maximum Gasteiger partial charge on any atom is 0.373 e. The zero-order valence-electron chi connectivity index (χ0n) is 7.39. The van der Waals surface area contributed by atoms with E-state index in [0.29, 0.717) is 4.88 Å². The standard InChI is InChI=1S/C9H8O4S/c1-13-9(12)7(11)5-6(10)8-3-2-4-14-8/h2-5,11H,1H3/b7-5+. The summed E-state index contributed by atoms with van der Waals surface area (Å²) in [5.41, 5.74) is 0. The van der Waals surface area contributed by atoms with Crippen molar-refractivity contribution in [3.8, 4) is 0 Å². The van der Waals surface area contributed by atoms with Crippen LogP contribution in [0.15, 0.2) is 29.3 Å². The summed E-state index contributed by atoms with van der Waals surface area (Å²) < 4.78 is 4.22. The van der Waals surface area contributed by atoms with Crippen molar-refractivity contribution in [2.24, 2.45) is 0 Å². The third-order valence-corrected chi connectivity index (χ3v) is 2.31. The van der Waals surface area contributed by atoms with E-state index in [0.717, 1.165) is 13.2 Å². The number of methoxy groups -OCH3 is 1. The van der Waals surface area contributed by atoms with Gasteiger partial charge in [-0.1, -0.05) is 6.07 Å². The van der Waals surface area contributed by atoms with E-state index in [9.17, 15) is 9.59 Å². The van der Waals surface area contributed by atoms with Gasteiger partial charge in [-0.25, -0.2) is 4.79 Å². The van der Waals surface area contributed by atoms with Gasteiger partial charge in [0.1, 0.15) is 0 Å². The third-order valence-electron chi connectivity index (χ3n) is 1.43. The molecule has 4 nitrogen and oxygen atoms in total. The Balaban J connectivity index is 2.78. The van der Waals surface area contributed by atoms with Crippen LogP contribution >= 0.6 is 11.3 Å². The fourth-order valence-electron chi connectivity index (χ4n) is 0.778. The van der Waals surface area contributed by atoms with Gasteiger partial charge in [0, 0.05) is 6.08 Å². The van der Waals surface area contributed by atoms with Crippen LogP contribution in [0.5, 0.6) is 0 Å². The Morgan fingerprint density at radius 2 is 2.29 bits per heavy atom. The lowest BCUT2D eigenvalue weighted by Crippen LogP contribution is -2.06. The lowest BCUT2D eigenvalue weighted by Gasteiger charge is -1.95. The van der Waals surface area contributed by atoms with Gasteiger partial charge in [0.25, 0.3) is 0 Å². The minimum Gasteiger partial charge on any atom is -0.502 e. The van der Waals surface area contributed by atoms with Gasteiger partial charge in [-0.3, -0.25) is 4.79 Å². The molecule has 0 aliphatic carbocycles. The normalized spacial score (nSPS) is 11.1. The highest BCUT2D eigenvalue weighted by Crippen LogP contribution is 2.10. The molecule has 1 heterocycles. The van der Waals surface area contributed by atoms with Crippen molar-refractivity contribution in [1.29, 1.82) is 0 Å². The van der Waals surface area contributed by atoms with Gasteiger partial charge < -0.3 is 9.84 Å². The van der Waals surface area contributed by atoms with Crippen molar-refractivity contribution in [3.05, 3.63) is 34.2 Å². The number of aliphatic hydroxyl groups is 1. The highest BCUT2D eigenvalue weighted by Gasteiger charge is 2.11. The molecule has 0 atom stereocenters.